The Kier molecular flexibility index (Phi) is 6.12. The molecule has 1 N–H and O–H groups in total. The summed E-state index contributed by atoms with van der Waals surface area (Å²) in [6.07, 6.45) is 3.92. The van der Waals surface area contributed by atoms with Gasteiger partial charge >= 0.3 is 6.09 Å². The van der Waals surface area contributed by atoms with E-state index in [1.807, 2.05) is 60.7 Å². The van der Waals surface area contributed by atoms with Crippen molar-refractivity contribution in [1.82, 2.24) is 5.32 Å². The first kappa shape index (κ1) is 23.3. The highest BCUT2D eigenvalue weighted by Gasteiger charge is 2.45. The number of benzene rings is 3. The number of ether oxygens (including phenoxy) is 1. The van der Waals surface area contributed by atoms with Crippen molar-refractivity contribution < 1.29 is 19.1 Å². The van der Waals surface area contributed by atoms with E-state index in [0.29, 0.717) is 41.2 Å². The van der Waals surface area contributed by atoms with Gasteiger partial charge in [0.1, 0.15) is 5.75 Å². The molecule has 2 fully saturated rings. The van der Waals surface area contributed by atoms with Gasteiger partial charge in [0.25, 0.3) is 11.8 Å². The highest BCUT2D eigenvalue weighted by atomic mass is 16.6. The van der Waals surface area contributed by atoms with Crippen molar-refractivity contribution in [3.8, 4) is 5.75 Å². The number of carbonyl (C=O) groups excluding carboxylic acids is 3. The Balaban J connectivity index is 1.38. The molecule has 3 aromatic carbocycles. The van der Waals surface area contributed by atoms with Gasteiger partial charge in [-0.15, -0.1) is 0 Å². The molecule has 0 spiro atoms. The molecule has 2 unspecified atom stereocenters. The normalized spacial score (nSPS) is 24.5. The van der Waals surface area contributed by atoms with E-state index in [-0.39, 0.29) is 0 Å². The van der Waals surface area contributed by atoms with Crippen molar-refractivity contribution >= 4 is 35.0 Å². The lowest BCUT2D eigenvalue weighted by atomic mass is 9.88. The summed E-state index contributed by atoms with van der Waals surface area (Å²) in [5.74, 6) is 1.07. The molecule has 6 rings (SSSR count). The van der Waals surface area contributed by atoms with Crippen molar-refractivity contribution in [3.63, 3.8) is 0 Å². The van der Waals surface area contributed by atoms with Crippen molar-refractivity contribution in [1.29, 1.82) is 0 Å². The van der Waals surface area contributed by atoms with Crippen LogP contribution in [-0.2, 0) is 9.59 Å². The van der Waals surface area contributed by atoms with E-state index in [9.17, 15) is 14.4 Å². The number of para-hydroxylation sites is 4. The molecule has 3 amide bonds. The minimum atomic E-state index is -1.43. The number of hydrogen-bond donors (Lipinski definition) is 1. The lowest BCUT2D eigenvalue weighted by molar-refractivity contribution is -0.128. The van der Waals surface area contributed by atoms with Crippen LogP contribution in [0.25, 0.3) is 0 Å². The maximum Gasteiger partial charge on any atom is 0.413 e. The number of hydrogen-bond acceptors (Lipinski definition) is 4. The summed E-state index contributed by atoms with van der Waals surface area (Å²) in [5, 5.41) is 2.59. The van der Waals surface area contributed by atoms with Gasteiger partial charge in [-0.1, -0.05) is 55.0 Å². The Morgan fingerprint density at radius 1 is 0.811 bits per heavy atom. The summed E-state index contributed by atoms with van der Waals surface area (Å²) in [6, 6.07) is 23.8. The molecule has 7 nitrogen and oxygen atoms in total. The van der Waals surface area contributed by atoms with E-state index in [2.05, 4.69) is 5.32 Å². The molecule has 2 bridgehead atoms. The fourth-order valence-corrected chi connectivity index (χ4v) is 6.24. The zero-order valence-electron chi connectivity index (χ0n) is 20.5. The molecule has 1 aliphatic heterocycles. The first-order chi connectivity index (χ1) is 18.1. The standard InChI is InChI=1S/C30H29N3O4/c34-28-27(31-30(36)37-24-11-5-2-6-12-24)29(35)33(23-9-3-1-4-10-23)26-14-8-7-13-25(26)32(28)19-22-18-20-15-16-21(22)17-20/h1-14,20-22,27H,15-19H2,(H,31,36)/t20-,21+,22?,27?/m1/s1. The third-order valence-electron chi connectivity index (χ3n) is 7.93. The summed E-state index contributed by atoms with van der Waals surface area (Å²) in [5.41, 5.74) is 1.92. The second kappa shape index (κ2) is 9.73. The van der Waals surface area contributed by atoms with E-state index in [1.54, 1.807) is 29.2 Å². The predicted molar refractivity (Wildman–Crippen MR) is 141 cm³/mol. The van der Waals surface area contributed by atoms with Crippen molar-refractivity contribution in [3.05, 3.63) is 84.9 Å². The second-order valence-corrected chi connectivity index (χ2v) is 10.2. The fourth-order valence-electron chi connectivity index (χ4n) is 6.24. The molecule has 0 saturated heterocycles. The fraction of sp³-hybridized carbons (Fsp3) is 0.300. The molecular weight excluding hydrogens is 466 g/mol. The van der Waals surface area contributed by atoms with E-state index >= 15 is 0 Å². The SMILES string of the molecule is O=C(NC1C(=O)N(CC2C[C@@H]3CC[C@H]2C3)c2ccccc2N(c2ccccc2)C1=O)Oc1ccccc1. The van der Waals surface area contributed by atoms with Crippen LogP contribution in [0.3, 0.4) is 0 Å². The molecule has 188 valence electrons. The van der Waals surface area contributed by atoms with Crippen LogP contribution in [0, 0.1) is 17.8 Å². The zero-order valence-corrected chi connectivity index (χ0v) is 20.5. The van der Waals surface area contributed by atoms with E-state index in [1.165, 1.54) is 24.2 Å². The van der Waals surface area contributed by atoms with Crippen LogP contribution in [0.4, 0.5) is 21.9 Å². The monoisotopic (exact) mass is 495 g/mol. The Bertz CT molecular complexity index is 1310. The molecule has 2 aliphatic carbocycles. The van der Waals surface area contributed by atoms with Crippen LogP contribution < -0.4 is 19.9 Å². The number of nitrogens with one attached hydrogen (secondary N) is 1. The zero-order chi connectivity index (χ0) is 25.4. The largest absolute Gasteiger partial charge is 0.413 e. The maximum absolute atomic E-state index is 14.1. The van der Waals surface area contributed by atoms with Gasteiger partial charge in [0, 0.05) is 12.2 Å². The van der Waals surface area contributed by atoms with Gasteiger partial charge in [-0.2, -0.15) is 0 Å². The van der Waals surface area contributed by atoms with Gasteiger partial charge in [-0.3, -0.25) is 14.5 Å². The number of amides is 3. The van der Waals surface area contributed by atoms with Crippen LogP contribution in [0.5, 0.6) is 5.75 Å². The molecule has 37 heavy (non-hydrogen) atoms. The first-order valence-electron chi connectivity index (χ1n) is 12.9. The minimum absolute atomic E-state index is 0.329. The number of carbonyl (C=O) groups is 3. The summed E-state index contributed by atoms with van der Waals surface area (Å²) >= 11 is 0. The van der Waals surface area contributed by atoms with Crippen LogP contribution >= 0.6 is 0 Å². The molecule has 0 aromatic heterocycles. The summed E-state index contributed by atoms with van der Waals surface area (Å²) in [7, 11) is 0. The average Bonchev–Trinajstić information content (AvgIpc) is 3.53. The Hall–Kier alpha value is -4.13. The maximum atomic E-state index is 14.1. The Morgan fingerprint density at radius 2 is 1.49 bits per heavy atom. The number of fused-ring (bicyclic) bond motifs is 3. The lowest BCUT2D eigenvalue weighted by Crippen LogP contribution is -2.56. The predicted octanol–water partition coefficient (Wildman–Crippen LogP) is 5.29. The summed E-state index contributed by atoms with van der Waals surface area (Å²) in [4.78, 5) is 44.2. The van der Waals surface area contributed by atoms with Crippen LogP contribution in [-0.4, -0.2) is 30.5 Å². The topological polar surface area (TPSA) is 79.0 Å². The lowest BCUT2D eigenvalue weighted by Gasteiger charge is -2.31. The highest BCUT2D eigenvalue weighted by Crippen LogP contribution is 2.49. The van der Waals surface area contributed by atoms with Gasteiger partial charge in [0.15, 0.2) is 6.04 Å². The van der Waals surface area contributed by atoms with Gasteiger partial charge < -0.3 is 15.0 Å². The van der Waals surface area contributed by atoms with E-state index in [0.717, 1.165) is 12.3 Å². The molecule has 2 saturated carbocycles. The number of anilines is 3. The number of rotatable bonds is 5. The van der Waals surface area contributed by atoms with Crippen molar-refractivity contribution in [2.75, 3.05) is 16.3 Å². The van der Waals surface area contributed by atoms with Gasteiger partial charge in [0.2, 0.25) is 0 Å². The van der Waals surface area contributed by atoms with E-state index < -0.39 is 23.9 Å². The molecule has 1 heterocycles. The second-order valence-electron chi connectivity index (χ2n) is 10.2. The molecule has 0 radical (unpaired) electrons. The summed E-state index contributed by atoms with van der Waals surface area (Å²) < 4.78 is 5.39. The smallest absolute Gasteiger partial charge is 0.410 e. The molecule has 3 aliphatic rings. The number of nitrogens with zero attached hydrogens (tertiary/aromatic N) is 2. The van der Waals surface area contributed by atoms with Crippen LogP contribution in [0.15, 0.2) is 84.9 Å². The molecular formula is C30H29N3O4. The van der Waals surface area contributed by atoms with Crippen molar-refractivity contribution in [2.45, 2.75) is 31.7 Å². The van der Waals surface area contributed by atoms with Crippen LogP contribution in [0.1, 0.15) is 25.7 Å². The van der Waals surface area contributed by atoms with Crippen molar-refractivity contribution in [2.24, 2.45) is 17.8 Å². The Labute approximate surface area is 216 Å². The molecule has 4 atom stereocenters. The van der Waals surface area contributed by atoms with Gasteiger partial charge in [-0.05, 0) is 73.4 Å². The first-order valence-corrected chi connectivity index (χ1v) is 12.9. The quantitative estimate of drug-likeness (QED) is 0.488. The molecule has 3 aromatic rings. The van der Waals surface area contributed by atoms with Gasteiger partial charge in [0.05, 0.1) is 11.4 Å². The van der Waals surface area contributed by atoms with Gasteiger partial charge in [-0.25, -0.2) is 4.79 Å². The molecule has 7 heteroatoms. The van der Waals surface area contributed by atoms with E-state index in [4.69, 9.17) is 4.74 Å². The third kappa shape index (κ3) is 4.46. The average molecular weight is 496 g/mol. The summed E-state index contributed by atoms with van der Waals surface area (Å²) in [6.45, 7) is 0.527. The third-order valence-corrected chi connectivity index (χ3v) is 7.93. The highest BCUT2D eigenvalue weighted by molar-refractivity contribution is 6.23. The van der Waals surface area contributed by atoms with Crippen LogP contribution in [0.2, 0.25) is 0 Å². The Morgan fingerprint density at radius 3 is 2.16 bits per heavy atom. The minimum Gasteiger partial charge on any atom is -0.410 e.